The molecule has 0 bridgehead atoms. The Morgan fingerprint density at radius 3 is 2.11 bits per heavy atom. The number of allylic oxidation sites excluding steroid dienone is 1. The van der Waals surface area contributed by atoms with Crippen LogP contribution in [-0.2, 0) is 0 Å². The van der Waals surface area contributed by atoms with Crippen LogP contribution in [0, 0.1) is 29.7 Å². The SMILES string of the molecule is Fc1cc(F)c(F)c(C2=C[CH]c3ccccc32)c1F. The molecule has 0 atom stereocenters. The molecule has 0 unspecified atom stereocenters. The second-order valence-electron chi connectivity index (χ2n) is 4.18. The molecule has 0 amide bonds. The van der Waals surface area contributed by atoms with Gasteiger partial charge in [0.2, 0.25) is 0 Å². The van der Waals surface area contributed by atoms with Crippen LogP contribution in [0.15, 0.2) is 36.4 Å². The second-order valence-corrected chi connectivity index (χ2v) is 4.18. The maximum Gasteiger partial charge on any atom is 0.169 e. The molecule has 19 heavy (non-hydrogen) atoms. The monoisotopic (exact) mass is 263 g/mol. The van der Waals surface area contributed by atoms with Crippen LogP contribution in [0.3, 0.4) is 0 Å². The molecule has 95 valence electrons. The van der Waals surface area contributed by atoms with Crippen LogP contribution >= 0.6 is 0 Å². The van der Waals surface area contributed by atoms with Gasteiger partial charge in [-0.3, -0.25) is 0 Å². The van der Waals surface area contributed by atoms with E-state index in [0.717, 1.165) is 5.56 Å². The van der Waals surface area contributed by atoms with Crippen LogP contribution in [0.2, 0.25) is 0 Å². The van der Waals surface area contributed by atoms with E-state index in [1.54, 1.807) is 30.7 Å². The first-order valence-corrected chi connectivity index (χ1v) is 5.57. The molecule has 1 aliphatic rings. The highest BCUT2D eigenvalue weighted by atomic mass is 19.2. The number of rotatable bonds is 1. The lowest BCUT2D eigenvalue weighted by molar-refractivity contribution is 0.450. The molecule has 0 fully saturated rings. The Morgan fingerprint density at radius 2 is 1.42 bits per heavy atom. The van der Waals surface area contributed by atoms with Crippen LogP contribution in [0.4, 0.5) is 17.6 Å². The van der Waals surface area contributed by atoms with Crippen molar-refractivity contribution < 1.29 is 17.6 Å². The van der Waals surface area contributed by atoms with Gasteiger partial charge in [0, 0.05) is 12.5 Å². The van der Waals surface area contributed by atoms with Crippen molar-refractivity contribution in [3.63, 3.8) is 0 Å². The van der Waals surface area contributed by atoms with Gasteiger partial charge in [-0.25, -0.2) is 17.6 Å². The van der Waals surface area contributed by atoms with Crippen molar-refractivity contribution in [1.29, 1.82) is 0 Å². The predicted octanol–water partition coefficient (Wildman–Crippen LogP) is 4.24. The Bertz CT molecular complexity index is 675. The van der Waals surface area contributed by atoms with Crippen LogP contribution in [0.5, 0.6) is 0 Å². The Hall–Kier alpha value is -2.10. The molecule has 1 aliphatic carbocycles. The largest absolute Gasteiger partial charge is 0.204 e. The third-order valence-electron chi connectivity index (χ3n) is 3.06. The van der Waals surface area contributed by atoms with Crippen molar-refractivity contribution in [3.05, 3.63) is 82.8 Å². The van der Waals surface area contributed by atoms with Gasteiger partial charge in [0.05, 0.1) is 5.56 Å². The molecular weight excluding hydrogens is 256 g/mol. The maximum atomic E-state index is 13.8. The molecule has 1 radical (unpaired) electrons. The van der Waals surface area contributed by atoms with Crippen LogP contribution in [0.25, 0.3) is 5.57 Å². The van der Waals surface area contributed by atoms with E-state index in [-0.39, 0.29) is 11.6 Å². The highest BCUT2D eigenvalue weighted by molar-refractivity contribution is 5.87. The van der Waals surface area contributed by atoms with Crippen molar-refractivity contribution in [2.45, 2.75) is 0 Å². The summed E-state index contributed by atoms with van der Waals surface area (Å²) in [5.41, 5.74) is 0.772. The molecule has 0 nitrogen and oxygen atoms in total. The van der Waals surface area contributed by atoms with Gasteiger partial charge in [-0.05, 0) is 16.7 Å². The minimum atomic E-state index is -1.40. The summed E-state index contributed by atoms with van der Waals surface area (Å²) >= 11 is 0. The normalized spacial score (nSPS) is 13.4. The highest BCUT2D eigenvalue weighted by Crippen LogP contribution is 2.37. The minimum Gasteiger partial charge on any atom is -0.204 e. The molecule has 0 spiro atoms. The lowest BCUT2D eigenvalue weighted by Crippen LogP contribution is -2.02. The Labute approximate surface area is 107 Å². The zero-order chi connectivity index (χ0) is 13.6. The number of hydrogen-bond donors (Lipinski definition) is 0. The zero-order valence-corrected chi connectivity index (χ0v) is 9.55. The van der Waals surface area contributed by atoms with Crippen LogP contribution in [0.1, 0.15) is 16.7 Å². The van der Waals surface area contributed by atoms with Crippen molar-refractivity contribution >= 4 is 5.57 Å². The van der Waals surface area contributed by atoms with Gasteiger partial charge >= 0.3 is 0 Å². The molecule has 0 N–H and O–H groups in total. The summed E-state index contributed by atoms with van der Waals surface area (Å²) in [4.78, 5) is 0. The van der Waals surface area contributed by atoms with Gasteiger partial charge in [0.1, 0.15) is 0 Å². The van der Waals surface area contributed by atoms with Crippen molar-refractivity contribution in [2.24, 2.45) is 0 Å². The van der Waals surface area contributed by atoms with E-state index in [0.29, 0.717) is 5.56 Å². The molecule has 0 aromatic heterocycles. The van der Waals surface area contributed by atoms with Gasteiger partial charge in [0.15, 0.2) is 23.3 Å². The summed E-state index contributed by atoms with van der Waals surface area (Å²) in [7, 11) is 0. The summed E-state index contributed by atoms with van der Waals surface area (Å²) in [6, 6.07) is 7.07. The highest BCUT2D eigenvalue weighted by Gasteiger charge is 2.26. The van der Waals surface area contributed by atoms with Crippen molar-refractivity contribution in [1.82, 2.24) is 0 Å². The van der Waals surface area contributed by atoms with E-state index in [1.165, 1.54) is 6.08 Å². The van der Waals surface area contributed by atoms with Gasteiger partial charge in [-0.2, -0.15) is 0 Å². The Balaban J connectivity index is 2.26. The van der Waals surface area contributed by atoms with E-state index in [2.05, 4.69) is 0 Å². The van der Waals surface area contributed by atoms with E-state index in [9.17, 15) is 17.6 Å². The summed E-state index contributed by atoms with van der Waals surface area (Å²) in [6.07, 6.45) is 3.09. The average Bonchev–Trinajstić information content (AvgIpc) is 2.81. The lowest BCUT2D eigenvalue weighted by Gasteiger charge is -2.09. The van der Waals surface area contributed by atoms with Gasteiger partial charge in [0.25, 0.3) is 0 Å². The molecule has 0 heterocycles. The van der Waals surface area contributed by atoms with Crippen molar-refractivity contribution in [3.8, 4) is 0 Å². The molecule has 0 saturated heterocycles. The second kappa shape index (κ2) is 4.23. The van der Waals surface area contributed by atoms with Gasteiger partial charge < -0.3 is 0 Å². The molecule has 0 saturated carbocycles. The number of fused-ring (bicyclic) bond motifs is 1. The molecule has 4 heteroatoms. The molecule has 0 aliphatic heterocycles. The summed E-state index contributed by atoms with van der Waals surface area (Å²) in [5.74, 6) is -5.57. The third-order valence-corrected chi connectivity index (χ3v) is 3.06. The topological polar surface area (TPSA) is 0 Å². The van der Waals surface area contributed by atoms with Crippen LogP contribution < -0.4 is 0 Å². The zero-order valence-electron chi connectivity index (χ0n) is 9.55. The van der Waals surface area contributed by atoms with E-state index in [4.69, 9.17) is 0 Å². The first-order chi connectivity index (χ1) is 9.09. The first kappa shape index (κ1) is 12.0. The van der Waals surface area contributed by atoms with E-state index < -0.39 is 28.8 Å². The Morgan fingerprint density at radius 1 is 0.789 bits per heavy atom. The van der Waals surface area contributed by atoms with Gasteiger partial charge in [-0.15, -0.1) is 0 Å². The number of hydrogen-bond acceptors (Lipinski definition) is 0. The standard InChI is InChI=1S/C15H7F4/c16-11-7-12(17)15(19)13(14(11)18)10-6-5-8-3-1-2-4-9(8)10/h1-7H. The van der Waals surface area contributed by atoms with E-state index >= 15 is 0 Å². The number of halogens is 4. The average molecular weight is 263 g/mol. The summed E-state index contributed by atoms with van der Waals surface area (Å²) in [5, 5.41) is 0. The first-order valence-electron chi connectivity index (χ1n) is 5.57. The summed E-state index contributed by atoms with van der Waals surface area (Å²) in [6.45, 7) is 0. The number of benzene rings is 2. The van der Waals surface area contributed by atoms with E-state index in [1.807, 2.05) is 0 Å². The Kier molecular flexibility index (Phi) is 2.66. The van der Waals surface area contributed by atoms with Gasteiger partial charge in [-0.1, -0.05) is 30.3 Å². The quantitative estimate of drug-likeness (QED) is 0.533. The van der Waals surface area contributed by atoms with Crippen LogP contribution in [-0.4, -0.2) is 0 Å². The fourth-order valence-corrected chi connectivity index (χ4v) is 2.18. The predicted molar refractivity (Wildman–Crippen MR) is 63.2 cm³/mol. The maximum absolute atomic E-state index is 13.8. The lowest BCUT2D eigenvalue weighted by atomic mass is 9.98. The smallest absolute Gasteiger partial charge is 0.169 e. The minimum absolute atomic E-state index is 0.143. The molecule has 3 rings (SSSR count). The fraction of sp³-hybridized carbons (Fsp3) is 0. The fourth-order valence-electron chi connectivity index (χ4n) is 2.18. The third kappa shape index (κ3) is 1.75. The molecule has 2 aromatic carbocycles. The molecule has 2 aromatic rings. The van der Waals surface area contributed by atoms with Crippen molar-refractivity contribution in [2.75, 3.05) is 0 Å². The molecular formula is C15H7F4. The summed E-state index contributed by atoms with van der Waals surface area (Å²) < 4.78 is 54.0.